The number of amides is 1. The van der Waals surface area contributed by atoms with Gasteiger partial charge in [-0.25, -0.2) is 9.18 Å². The quantitative estimate of drug-likeness (QED) is 0.787. The Hall–Kier alpha value is -0.810. The Kier molecular flexibility index (Phi) is 2.88. The third-order valence-electron chi connectivity index (χ3n) is 1.20. The maximum Gasteiger partial charge on any atom is 0.409 e. The summed E-state index contributed by atoms with van der Waals surface area (Å²) in [6.45, 7) is -0.723. The van der Waals surface area contributed by atoms with Gasteiger partial charge < -0.3 is 5.11 Å². The number of anilines is 1. The summed E-state index contributed by atoms with van der Waals surface area (Å²) < 4.78 is 12.4. The second kappa shape index (κ2) is 3.73. The van der Waals surface area contributed by atoms with Gasteiger partial charge in [-0.15, -0.1) is 11.3 Å². The first-order valence-electron chi connectivity index (χ1n) is 2.97. The van der Waals surface area contributed by atoms with Crippen LogP contribution in [0.15, 0.2) is 5.38 Å². The SMILES string of the molecule is O=C(O)Nc1c(CF)csc1Cl. The van der Waals surface area contributed by atoms with Crippen LogP contribution >= 0.6 is 22.9 Å². The van der Waals surface area contributed by atoms with E-state index in [4.69, 9.17) is 16.7 Å². The van der Waals surface area contributed by atoms with Gasteiger partial charge in [-0.3, -0.25) is 5.32 Å². The average molecular weight is 210 g/mol. The number of thiophene rings is 1. The Morgan fingerprint density at radius 3 is 3.00 bits per heavy atom. The molecule has 1 aromatic heterocycles. The molecule has 0 atom stereocenters. The Bertz CT molecular complexity index is 302. The molecule has 0 bridgehead atoms. The first-order chi connectivity index (χ1) is 5.65. The number of hydrogen-bond acceptors (Lipinski definition) is 2. The number of hydrogen-bond donors (Lipinski definition) is 2. The van der Waals surface area contributed by atoms with Crippen LogP contribution in [0.2, 0.25) is 4.34 Å². The van der Waals surface area contributed by atoms with Crippen molar-refractivity contribution in [1.82, 2.24) is 0 Å². The average Bonchev–Trinajstić information content (AvgIpc) is 2.32. The van der Waals surface area contributed by atoms with Crippen LogP contribution in [0.5, 0.6) is 0 Å². The van der Waals surface area contributed by atoms with E-state index in [1.807, 2.05) is 5.32 Å². The van der Waals surface area contributed by atoms with Crippen LogP contribution in [0.4, 0.5) is 14.9 Å². The lowest BCUT2D eigenvalue weighted by Crippen LogP contribution is -2.07. The van der Waals surface area contributed by atoms with E-state index in [9.17, 15) is 9.18 Å². The molecular formula is C6H5ClFNO2S. The zero-order valence-electron chi connectivity index (χ0n) is 5.80. The van der Waals surface area contributed by atoms with Gasteiger partial charge in [-0.05, 0) is 0 Å². The fraction of sp³-hybridized carbons (Fsp3) is 0.167. The molecule has 0 aliphatic rings. The van der Waals surface area contributed by atoms with Gasteiger partial charge in [0.1, 0.15) is 11.0 Å². The number of alkyl halides is 1. The lowest BCUT2D eigenvalue weighted by Gasteiger charge is -1.99. The van der Waals surface area contributed by atoms with Crippen LogP contribution < -0.4 is 5.32 Å². The van der Waals surface area contributed by atoms with E-state index in [2.05, 4.69) is 0 Å². The molecule has 1 heterocycles. The summed E-state index contributed by atoms with van der Waals surface area (Å²) >= 11 is 6.69. The molecule has 66 valence electrons. The van der Waals surface area contributed by atoms with E-state index < -0.39 is 12.8 Å². The fourth-order valence-electron chi connectivity index (χ4n) is 0.702. The van der Waals surface area contributed by atoms with Crippen LogP contribution in [0.25, 0.3) is 0 Å². The molecule has 1 aromatic rings. The maximum absolute atomic E-state index is 12.2. The van der Waals surface area contributed by atoms with Crippen LogP contribution in [-0.2, 0) is 6.67 Å². The van der Waals surface area contributed by atoms with E-state index >= 15 is 0 Å². The Morgan fingerprint density at radius 1 is 1.83 bits per heavy atom. The van der Waals surface area contributed by atoms with Gasteiger partial charge in [0, 0.05) is 10.9 Å². The number of halogens is 2. The molecule has 0 saturated carbocycles. The van der Waals surface area contributed by atoms with Crippen LogP contribution in [0.1, 0.15) is 5.56 Å². The van der Waals surface area contributed by atoms with Gasteiger partial charge in [0.2, 0.25) is 0 Å². The zero-order chi connectivity index (χ0) is 9.14. The second-order valence-electron chi connectivity index (χ2n) is 1.97. The summed E-state index contributed by atoms with van der Waals surface area (Å²) in [4.78, 5) is 10.2. The second-order valence-corrected chi connectivity index (χ2v) is 3.46. The van der Waals surface area contributed by atoms with E-state index in [1.165, 1.54) is 5.38 Å². The van der Waals surface area contributed by atoms with Crippen molar-refractivity contribution < 1.29 is 14.3 Å². The third-order valence-corrected chi connectivity index (χ3v) is 2.47. The largest absolute Gasteiger partial charge is 0.465 e. The molecule has 0 saturated heterocycles. The maximum atomic E-state index is 12.2. The predicted octanol–water partition coefficient (Wildman–Crippen LogP) is 2.96. The van der Waals surface area contributed by atoms with E-state index in [0.29, 0.717) is 0 Å². The number of carbonyl (C=O) groups is 1. The standard InChI is InChI=1S/C6H5ClFNO2S/c7-5-4(9-6(10)11)3(1-8)2-12-5/h2,9H,1H2,(H,10,11). The smallest absolute Gasteiger partial charge is 0.409 e. The van der Waals surface area contributed by atoms with E-state index in [0.717, 1.165) is 11.3 Å². The molecule has 3 nitrogen and oxygen atoms in total. The summed E-state index contributed by atoms with van der Waals surface area (Å²) in [6, 6.07) is 0. The molecule has 12 heavy (non-hydrogen) atoms. The normalized spacial score (nSPS) is 9.83. The van der Waals surface area contributed by atoms with Crippen molar-refractivity contribution in [2.45, 2.75) is 6.67 Å². The molecule has 0 aliphatic carbocycles. The highest BCUT2D eigenvalue weighted by Crippen LogP contribution is 2.33. The Balaban J connectivity index is 2.94. The lowest BCUT2D eigenvalue weighted by molar-refractivity contribution is 0.209. The van der Waals surface area contributed by atoms with Crippen molar-refractivity contribution >= 4 is 34.7 Å². The summed E-state index contributed by atoms with van der Waals surface area (Å²) in [6.07, 6.45) is -1.25. The van der Waals surface area contributed by atoms with Crippen molar-refractivity contribution in [3.8, 4) is 0 Å². The Labute approximate surface area is 76.8 Å². The van der Waals surface area contributed by atoms with Crippen molar-refractivity contribution in [3.63, 3.8) is 0 Å². The van der Waals surface area contributed by atoms with Gasteiger partial charge in [-0.2, -0.15) is 0 Å². The minimum Gasteiger partial charge on any atom is -0.465 e. The zero-order valence-corrected chi connectivity index (χ0v) is 7.38. The molecular weight excluding hydrogens is 205 g/mol. The van der Waals surface area contributed by atoms with Crippen molar-refractivity contribution in [3.05, 3.63) is 15.3 Å². The first-order valence-corrected chi connectivity index (χ1v) is 4.22. The minimum absolute atomic E-state index is 0.150. The molecule has 0 aromatic carbocycles. The molecule has 0 aliphatic heterocycles. The fourth-order valence-corrected chi connectivity index (χ4v) is 1.73. The number of rotatable bonds is 2. The highest BCUT2D eigenvalue weighted by atomic mass is 35.5. The third kappa shape index (κ3) is 1.86. The topological polar surface area (TPSA) is 49.3 Å². The molecule has 1 rings (SSSR count). The van der Waals surface area contributed by atoms with Crippen molar-refractivity contribution in [2.75, 3.05) is 5.32 Å². The summed E-state index contributed by atoms with van der Waals surface area (Å²) in [5, 5.41) is 11.8. The van der Waals surface area contributed by atoms with Crippen LogP contribution in [0, 0.1) is 0 Å². The van der Waals surface area contributed by atoms with Crippen LogP contribution in [-0.4, -0.2) is 11.2 Å². The van der Waals surface area contributed by atoms with E-state index in [1.54, 1.807) is 0 Å². The molecule has 0 spiro atoms. The lowest BCUT2D eigenvalue weighted by atomic mass is 10.3. The molecule has 2 N–H and O–H groups in total. The molecule has 1 amide bonds. The minimum atomic E-state index is -1.25. The number of nitrogens with one attached hydrogen (secondary N) is 1. The highest BCUT2D eigenvalue weighted by Gasteiger charge is 2.11. The molecule has 0 fully saturated rings. The van der Waals surface area contributed by atoms with Crippen molar-refractivity contribution in [2.24, 2.45) is 0 Å². The van der Waals surface area contributed by atoms with Crippen LogP contribution in [0.3, 0.4) is 0 Å². The molecule has 0 unspecified atom stereocenters. The predicted molar refractivity (Wildman–Crippen MR) is 45.8 cm³/mol. The molecule has 0 radical (unpaired) electrons. The van der Waals surface area contributed by atoms with Gasteiger partial charge in [0.05, 0.1) is 5.69 Å². The van der Waals surface area contributed by atoms with Gasteiger partial charge in [0.15, 0.2) is 0 Å². The summed E-state index contributed by atoms with van der Waals surface area (Å²) in [5.74, 6) is 0. The van der Waals surface area contributed by atoms with Gasteiger partial charge >= 0.3 is 6.09 Å². The summed E-state index contributed by atoms with van der Waals surface area (Å²) in [7, 11) is 0. The van der Waals surface area contributed by atoms with E-state index in [-0.39, 0.29) is 15.6 Å². The Morgan fingerprint density at radius 2 is 2.50 bits per heavy atom. The monoisotopic (exact) mass is 209 g/mol. The van der Waals surface area contributed by atoms with Crippen molar-refractivity contribution in [1.29, 1.82) is 0 Å². The molecule has 6 heteroatoms. The highest BCUT2D eigenvalue weighted by molar-refractivity contribution is 7.15. The van der Waals surface area contributed by atoms with Gasteiger partial charge in [-0.1, -0.05) is 11.6 Å². The van der Waals surface area contributed by atoms with Gasteiger partial charge in [0.25, 0.3) is 0 Å². The summed E-state index contributed by atoms with van der Waals surface area (Å²) in [5.41, 5.74) is 0.420. The number of carboxylic acid groups (broad SMARTS) is 1. The first kappa shape index (κ1) is 9.28.